The number of benzene rings is 3. The van der Waals surface area contributed by atoms with Crippen molar-refractivity contribution in [3.8, 4) is 0 Å². The van der Waals surface area contributed by atoms with Crippen LogP contribution in [-0.4, -0.2) is 52.2 Å². The first-order valence-corrected chi connectivity index (χ1v) is 13.6. The van der Waals surface area contributed by atoms with Gasteiger partial charge in [0, 0.05) is 29.4 Å². The number of sulfonamides is 1. The highest BCUT2D eigenvalue weighted by Crippen LogP contribution is 2.39. The van der Waals surface area contributed by atoms with Crippen LogP contribution in [0.3, 0.4) is 0 Å². The summed E-state index contributed by atoms with van der Waals surface area (Å²) in [6.45, 7) is 2.60. The summed E-state index contributed by atoms with van der Waals surface area (Å²) >= 11 is 6.14. The zero-order chi connectivity index (χ0) is 25.9. The third kappa shape index (κ3) is 5.56. The van der Waals surface area contributed by atoms with Crippen molar-refractivity contribution in [1.29, 1.82) is 0 Å². The molecule has 188 valence electrons. The van der Waals surface area contributed by atoms with Gasteiger partial charge in [0.2, 0.25) is 10.0 Å². The number of nitrogens with one attached hydrogen (secondary N) is 2. The zero-order valence-corrected chi connectivity index (χ0v) is 22.0. The molecule has 1 heterocycles. The Kier molecular flexibility index (Phi) is 7.68. The van der Waals surface area contributed by atoms with E-state index in [-0.39, 0.29) is 11.7 Å². The number of likely N-dealkylation sites (N-methyl/N-ethyl adjacent to an activating group) is 1. The highest BCUT2D eigenvalue weighted by Gasteiger charge is 2.28. The van der Waals surface area contributed by atoms with Crippen LogP contribution in [0.1, 0.15) is 18.1 Å². The van der Waals surface area contributed by atoms with E-state index in [1.54, 1.807) is 31.2 Å². The first-order valence-electron chi connectivity index (χ1n) is 11.6. The van der Waals surface area contributed by atoms with Crippen molar-refractivity contribution >= 4 is 55.9 Å². The molecule has 0 atom stereocenters. The molecule has 0 bridgehead atoms. The predicted octanol–water partition coefficient (Wildman–Crippen LogP) is 4.99. The molecule has 0 unspecified atom stereocenters. The predicted molar refractivity (Wildman–Crippen MR) is 149 cm³/mol. The number of rotatable bonds is 9. The molecule has 0 aromatic heterocycles. The van der Waals surface area contributed by atoms with Crippen LogP contribution < -0.4 is 14.9 Å². The number of carbonyl (C=O) groups excluding carboxylic acids is 1. The fourth-order valence-electron chi connectivity index (χ4n) is 4.01. The number of halogens is 1. The van der Waals surface area contributed by atoms with Crippen LogP contribution in [0.15, 0.2) is 72.8 Å². The number of amides is 1. The Hall–Kier alpha value is -3.33. The lowest BCUT2D eigenvalue weighted by molar-refractivity contribution is -0.110. The number of hydrogen-bond acceptors (Lipinski definition) is 5. The van der Waals surface area contributed by atoms with Crippen molar-refractivity contribution in [1.82, 2.24) is 4.90 Å². The first-order chi connectivity index (χ1) is 17.2. The number of fused-ring (bicyclic) bond motifs is 1. The van der Waals surface area contributed by atoms with Crippen LogP contribution in [0.4, 0.5) is 17.1 Å². The molecule has 0 fully saturated rings. The molecule has 7 nitrogen and oxygen atoms in total. The van der Waals surface area contributed by atoms with Gasteiger partial charge < -0.3 is 15.5 Å². The quantitative estimate of drug-likeness (QED) is 0.385. The third-order valence-corrected chi connectivity index (χ3v) is 7.94. The van der Waals surface area contributed by atoms with Gasteiger partial charge in [-0.25, -0.2) is 8.42 Å². The van der Waals surface area contributed by atoms with Crippen LogP contribution >= 0.6 is 11.6 Å². The molecule has 0 spiro atoms. The van der Waals surface area contributed by atoms with Crippen molar-refractivity contribution in [2.45, 2.75) is 6.92 Å². The molecular formula is C27H29ClN4O3S. The van der Waals surface area contributed by atoms with Crippen LogP contribution in [0, 0.1) is 0 Å². The Labute approximate surface area is 217 Å². The van der Waals surface area contributed by atoms with E-state index >= 15 is 0 Å². The molecule has 1 aliphatic heterocycles. The second-order valence-corrected chi connectivity index (χ2v) is 11.3. The number of hydrogen-bond donors (Lipinski definition) is 2. The summed E-state index contributed by atoms with van der Waals surface area (Å²) in [4.78, 5) is 15.0. The van der Waals surface area contributed by atoms with Gasteiger partial charge in [0.25, 0.3) is 5.91 Å². The monoisotopic (exact) mass is 524 g/mol. The maximum atomic E-state index is 13.0. The van der Waals surface area contributed by atoms with Crippen molar-refractivity contribution in [2.75, 3.05) is 47.9 Å². The summed E-state index contributed by atoms with van der Waals surface area (Å²) in [6.07, 6.45) is 0. The van der Waals surface area contributed by atoms with E-state index in [0.29, 0.717) is 40.8 Å². The highest BCUT2D eigenvalue weighted by molar-refractivity contribution is 7.92. The van der Waals surface area contributed by atoms with Crippen LogP contribution in [0.2, 0.25) is 5.02 Å². The van der Waals surface area contributed by atoms with E-state index in [4.69, 9.17) is 11.6 Å². The maximum Gasteiger partial charge on any atom is 0.258 e. The van der Waals surface area contributed by atoms with Gasteiger partial charge >= 0.3 is 0 Å². The summed E-state index contributed by atoms with van der Waals surface area (Å²) in [5, 5.41) is 6.84. The molecule has 1 amide bonds. The Morgan fingerprint density at radius 1 is 0.972 bits per heavy atom. The first kappa shape index (κ1) is 25.8. The van der Waals surface area contributed by atoms with Gasteiger partial charge in [0.15, 0.2) is 0 Å². The lowest BCUT2D eigenvalue weighted by atomic mass is 10.00. The van der Waals surface area contributed by atoms with Gasteiger partial charge in [-0.2, -0.15) is 0 Å². The van der Waals surface area contributed by atoms with Crippen LogP contribution in [-0.2, 0) is 14.8 Å². The fourth-order valence-corrected chi connectivity index (χ4v) is 5.29. The van der Waals surface area contributed by atoms with Gasteiger partial charge in [-0.3, -0.25) is 9.10 Å². The molecule has 0 aliphatic carbocycles. The average Bonchev–Trinajstić information content (AvgIpc) is 3.18. The van der Waals surface area contributed by atoms with Gasteiger partial charge in [0.05, 0.1) is 28.4 Å². The minimum Gasteiger partial charge on any atom is -0.354 e. The second-order valence-electron chi connectivity index (χ2n) is 8.71. The lowest BCUT2D eigenvalue weighted by Gasteiger charge is -2.25. The number of anilines is 3. The van der Waals surface area contributed by atoms with E-state index in [1.165, 1.54) is 4.31 Å². The summed E-state index contributed by atoms with van der Waals surface area (Å²) in [5.74, 6) is -0.206. The normalized spacial score (nSPS) is 14.4. The molecule has 0 saturated carbocycles. The third-order valence-electron chi connectivity index (χ3n) is 5.91. The van der Waals surface area contributed by atoms with E-state index < -0.39 is 10.0 Å². The molecule has 1 aliphatic rings. The number of carbonyl (C=O) groups is 1. The van der Waals surface area contributed by atoms with Crippen LogP contribution in [0.25, 0.3) is 11.3 Å². The average molecular weight is 525 g/mol. The van der Waals surface area contributed by atoms with Gasteiger partial charge in [0.1, 0.15) is 0 Å². The van der Waals surface area contributed by atoms with E-state index in [1.807, 2.05) is 67.5 Å². The summed E-state index contributed by atoms with van der Waals surface area (Å²) in [6, 6.07) is 22.1. The minimum atomic E-state index is -3.43. The standard InChI is InChI=1S/C27H29ClN4O3S/c1-4-36(34,35)32(17-16-31(2)3)22-13-11-21(12-14-22)29-26(19-8-6-5-7-9-19)25-23-15-10-20(28)18-24(23)30-27(25)33/h5-15,18,29H,4,16-17H2,1-3H3,(H,30,33). The molecular weight excluding hydrogens is 496 g/mol. The minimum absolute atomic E-state index is 0.0171. The summed E-state index contributed by atoms with van der Waals surface area (Å²) in [7, 11) is 0.389. The SMILES string of the molecule is CCS(=O)(=O)N(CCN(C)C)c1ccc(NC(=C2C(=O)Nc3cc(Cl)ccc32)c2ccccc2)cc1. The summed E-state index contributed by atoms with van der Waals surface area (Å²) in [5.41, 5.74) is 4.74. The van der Waals surface area contributed by atoms with E-state index in [2.05, 4.69) is 10.6 Å². The molecule has 4 rings (SSSR count). The van der Waals surface area contributed by atoms with Crippen molar-refractivity contribution < 1.29 is 13.2 Å². The van der Waals surface area contributed by atoms with Crippen molar-refractivity contribution in [3.05, 3.63) is 88.9 Å². The summed E-state index contributed by atoms with van der Waals surface area (Å²) < 4.78 is 26.9. The highest BCUT2D eigenvalue weighted by atomic mass is 35.5. The Morgan fingerprint density at radius 2 is 1.67 bits per heavy atom. The molecule has 0 saturated heterocycles. The Bertz CT molecular complexity index is 1390. The van der Waals surface area contributed by atoms with Gasteiger partial charge in [-0.05, 0) is 63.0 Å². The molecule has 3 aromatic rings. The lowest BCUT2D eigenvalue weighted by Crippen LogP contribution is -2.37. The van der Waals surface area contributed by atoms with Crippen LogP contribution in [0.5, 0.6) is 0 Å². The largest absolute Gasteiger partial charge is 0.354 e. The molecule has 36 heavy (non-hydrogen) atoms. The molecule has 0 radical (unpaired) electrons. The van der Waals surface area contributed by atoms with Crippen molar-refractivity contribution in [3.63, 3.8) is 0 Å². The second kappa shape index (κ2) is 10.7. The number of nitrogens with zero attached hydrogens (tertiary/aromatic N) is 2. The molecule has 9 heteroatoms. The zero-order valence-electron chi connectivity index (χ0n) is 20.5. The van der Waals surface area contributed by atoms with Gasteiger partial charge in [-0.15, -0.1) is 0 Å². The maximum absolute atomic E-state index is 13.0. The fraction of sp³-hybridized carbons (Fsp3) is 0.222. The van der Waals surface area contributed by atoms with Gasteiger partial charge in [-0.1, -0.05) is 48.0 Å². The van der Waals surface area contributed by atoms with E-state index in [0.717, 1.165) is 16.8 Å². The molecule has 2 N–H and O–H groups in total. The smallest absolute Gasteiger partial charge is 0.258 e. The Balaban J connectivity index is 1.72. The van der Waals surface area contributed by atoms with E-state index in [9.17, 15) is 13.2 Å². The van der Waals surface area contributed by atoms with Crippen molar-refractivity contribution in [2.24, 2.45) is 0 Å². The molecule has 3 aromatic carbocycles. The Morgan fingerprint density at radius 3 is 2.31 bits per heavy atom. The topological polar surface area (TPSA) is 81.8 Å².